The molecule has 1 unspecified atom stereocenters. The molecule has 1 aromatic carbocycles. The third-order valence-corrected chi connectivity index (χ3v) is 4.08. The van der Waals surface area contributed by atoms with Gasteiger partial charge in [0.15, 0.2) is 0 Å². The smallest absolute Gasteiger partial charge is 0.0802 e. The van der Waals surface area contributed by atoms with Crippen LogP contribution in [-0.2, 0) is 0 Å². The molecule has 0 radical (unpaired) electrons. The molecule has 1 saturated carbocycles. The van der Waals surface area contributed by atoms with Gasteiger partial charge < -0.3 is 10.0 Å². The maximum atomic E-state index is 10.2. The molecular formula is C16H24ClNO. The molecule has 0 heterocycles. The fourth-order valence-corrected chi connectivity index (χ4v) is 2.56. The highest BCUT2D eigenvalue weighted by Crippen LogP contribution is 2.30. The van der Waals surface area contributed by atoms with Crippen molar-refractivity contribution >= 4 is 11.6 Å². The second-order valence-corrected chi connectivity index (χ2v) is 6.33. The molecular weight excluding hydrogens is 258 g/mol. The number of hydrogen-bond acceptors (Lipinski definition) is 2. The maximum Gasteiger partial charge on any atom is 0.0802 e. The topological polar surface area (TPSA) is 23.5 Å². The van der Waals surface area contributed by atoms with Crippen LogP contribution in [0.2, 0.25) is 5.02 Å². The second kappa shape index (κ2) is 6.74. The van der Waals surface area contributed by atoms with E-state index >= 15 is 0 Å². The largest absolute Gasteiger partial charge is 0.388 e. The molecule has 1 atom stereocenters. The first kappa shape index (κ1) is 14.8. The van der Waals surface area contributed by atoms with E-state index in [9.17, 15) is 5.11 Å². The fraction of sp³-hybridized carbons (Fsp3) is 0.625. The van der Waals surface area contributed by atoms with Crippen molar-refractivity contribution in [3.8, 4) is 0 Å². The Morgan fingerprint density at radius 2 is 2.11 bits per heavy atom. The monoisotopic (exact) mass is 281 g/mol. The van der Waals surface area contributed by atoms with E-state index in [1.165, 1.54) is 19.4 Å². The molecule has 1 fully saturated rings. The minimum absolute atomic E-state index is 0.417. The summed E-state index contributed by atoms with van der Waals surface area (Å²) >= 11 is 5.96. The lowest BCUT2D eigenvalue weighted by atomic mass is 10.1. The van der Waals surface area contributed by atoms with Crippen molar-refractivity contribution in [3.05, 3.63) is 34.9 Å². The van der Waals surface area contributed by atoms with Crippen LogP contribution in [0.5, 0.6) is 0 Å². The summed E-state index contributed by atoms with van der Waals surface area (Å²) in [6.07, 6.45) is 3.10. The van der Waals surface area contributed by atoms with E-state index in [2.05, 4.69) is 18.7 Å². The number of hydrogen-bond donors (Lipinski definition) is 1. The number of aliphatic hydroxyl groups is 1. The molecule has 0 aliphatic heterocycles. The molecule has 0 saturated heterocycles. The quantitative estimate of drug-likeness (QED) is 0.820. The normalized spacial score (nSPS) is 17.2. The van der Waals surface area contributed by atoms with Gasteiger partial charge in [0.05, 0.1) is 6.10 Å². The third kappa shape index (κ3) is 4.79. The van der Waals surface area contributed by atoms with E-state index in [1.807, 2.05) is 24.3 Å². The zero-order valence-electron chi connectivity index (χ0n) is 11.8. The van der Waals surface area contributed by atoms with Gasteiger partial charge in [0.1, 0.15) is 0 Å². The molecule has 106 valence electrons. The van der Waals surface area contributed by atoms with E-state index in [0.29, 0.717) is 11.1 Å². The number of benzene rings is 1. The zero-order chi connectivity index (χ0) is 13.8. The predicted molar refractivity (Wildman–Crippen MR) is 80.5 cm³/mol. The highest BCUT2D eigenvalue weighted by molar-refractivity contribution is 6.30. The van der Waals surface area contributed by atoms with Gasteiger partial charge in [0.25, 0.3) is 0 Å². The van der Waals surface area contributed by atoms with Gasteiger partial charge in [-0.1, -0.05) is 23.7 Å². The van der Waals surface area contributed by atoms with Crippen molar-refractivity contribution < 1.29 is 5.11 Å². The molecule has 1 aromatic rings. The van der Waals surface area contributed by atoms with Gasteiger partial charge in [-0.25, -0.2) is 0 Å². The average molecular weight is 282 g/mol. The Morgan fingerprint density at radius 1 is 1.37 bits per heavy atom. The molecule has 1 aliphatic carbocycles. The van der Waals surface area contributed by atoms with Gasteiger partial charge in [0.2, 0.25) is 0 Å². The van der Waals surface area contributed by atoms with Crippen molar-refractivity contribution in [3.63, 3.8) is 0 Å². The molecule has 0 spiro atoms. The lowest BCUT2D eigenvalue weighted by molar-refractivity contribution is 0.127. The van der Waals surface area contributed by atoms with Crippen LogP contribution in [0.1, 0.15) is 44.8 Å². The van der Waals surface area contributed by atoms with Crippen LogP contribution < -0.4 is 0 Å². The Morgan fingerprint density at radius 3 is 2.68 bits per heavy atom. The molecule has 0 bridgehead atoms. The number of halogens is 1. The lowest BCUT2D eigenvalue weighted by Gasteiger charge is -2.27. The highest BCUT2D eigenvalue weighted by Gasteiger charge is 2.25. The van der Waals surface area contributed by atoms with Gasteiger partial charge in [-0.05, 0) is 56.7 Å². The Labute approximate surface area is 121 Å². The van der Waals surface area contributed by atoms with E-state index in [0.717, 1.165) is 24.4 Å². The highest BCUT2D eigenvalue weighted by atomic mass is 35.5. The Balaban J connectivity index is 1.85. The van der Waals surface area contributed by atoms with Crippen LogP contribution >= 0.6 is 11.6 Å². The van der Waals surface area contributed by atoms with Crippen molar-refractivity contribution in [1.29, 1.82) is 0 Å². The lowest BCUT2D eigenvalue weighted by Crippen LogP contribution is -2.34. The first-order valence-corrected chi connectivity index (χ1v) is 7.61. The summed E-state index contributed by atoms with van der Waals surface area (Å²) in [5, 5.41) is 10.9. The van der Waals surface area contributed by atoms with Crippen LogP contribution in [0.15, 0.2) is 24.3 Å². The van der Waals surface area contributed by atoms with Crippen molar-refractivity contribution in [2.24, 2.45) is 5.92 Å². The molecule has 0 amide bonds. The standard InChI is InChI=1S/C16H24ClNO/c1-12(2)18(11-13-6-7-13)9-8-16(19)14-4-3-5-15(17)10-14/h3-5,10,12-13,16,19H,6-9,11H2,1-2H3. The molecule has 3 heteroatoms. The Bertz CT molecular complexity index is 403. The molecule has 1 aliphatic rings. The maximum absolute atomic E-state index is 10.2. The summed E-state index contributed by atoms with van der Waals surface area (Å²) < 4.78 is 0. The summed E-state index contributed by atoms with van der Waals surface area (Å²) in [4.78, 5) is 2.48. The van der Waals surface area contributed by atoms with Crippen LogP contribution in [0, 0.1) is 5.92 Å². The molecule has 19 heavy (non-hydrogen) atoms. The summed E-state index contributed by atoms with van der Waals surface area (Å²) in [6, 6.07) is 8.08. The van der Waals surface area contributed by atoms with Gasteiger partial charge in [0, 0.05) is 24.2 Å². The molecule has 0 aromatic heterocycles. The summed E-state index contributed by atoms with van der Waals surface area (Å²) in [5.74, 6) is 0.894. The third-order valence-electron chi connectivity index (χ3n) is 3.84. The molecule has 2 rings (SSSR count). The van der Waals surface area contributed by atoms with E-state index < -0.39 is 6.10 Å². The van der Waals surface area contributed by atoms with E-state index in [4.69, 9.17) is 11.6 Å². The number of rotatable bonds is 7. The van der Waals surface area contributed by atoms with Crippen LogP contribution in [0.4, 0.5) is 0 Å². The van der Waals surface area contributed by atoms with Crippen LogP contribution in [0.3, 0.4) is 0 Å². The first-order chi connectivity index (χ1) is 9.06. The van der Waals surface area contributed by atoms with Gasteiger partial charge in [-0.3, -0.25) is 0 Å². The van der Waals surface area contributed by atoms with Gasteiger partial charge in [-0.2, -0.15) is 0 Å². The van der Waals surface area contributed by atoms with E-state index in [1.54, 1.807) is 0 Å². The zero-order valence-corrected chi connectivity index (χ0v) is 12.6. The van der Waals surface area contributed by atoms with Crippen LogP contribution in [0.25, 0.3) is 0 Å². The van der Waals surface area contributed by atoms with E-state index in [-0.39, 0.29) is 0 Å². The van der Waals surface area contributed by atoms with Gasteiger partial charge in [-0.15, -0.1) is 0 Å². The summed E-state index contributed by atoms with van der Waals surface area (Å²) in [5.41, 5.74) is 0.919. The van der Waals surface area contributed by atoms with Crippen molar-refractivity contribution in [1.82, 2.24) is 4.90 Å². The summed E-state index contributed by atoms with van der Waals surface area (Å²) in [6.45, 7) is 6.59. The average Bonchev–Trinajstić information content (AvgIpc) is 3.17. The van der Waals surface area contributed by atoms with Crippen molar-refractivity contribution in [2.45, 2.75) is 45.3 Å². The second-order valence-electron chi connectivity index (χ2n) is 5.89. The Kier molecular flexibility index (Phi) is 5.26. The van der Waals surface area contributed by atoms with Crippen LogP contribution in [-0.4, -0.2) is 29.1 Å². The molecule has 2 nitrogen and oxygen atoms in total. The molecule has 1 N–H and O–H groups in total. The van der Waals surface area contributed by atoms with Crippen molar-refractivity contribution in [2.75, 3.05) is 13.1 Å². The summed E-state index contributed by atoms with van der Waals surface area (Å²) in [7, 11) is 0. The predicted octanol–water partition coefficient (Wildman–Crippen LogP) is 3.88. The van der Waals surface area contributed by atoms with Gasteiger partial charge >= 0.3 is 0 Å². The minimum atomic E-state index is -0.417. The number of aliphatic hydroxyl groups excluding tert-OH is 1. The Hall–Kier alpha value is -0.570. The fourth-order valence-electron chi connectivity index (χ4n) is 2.36. The number of nitrogens with zero attached hydrogens (tertiary/aromatic N) is 1. The SMILES string of the molecule is CC(C)N(CCC(O)c1cccc(Cl)c1)CC1CC1. The first-order valence-electron chi connectivity index (χ1n) is 7.24. The minimum Gasteiger partial charge on any atom is -0.388 e.